The number of carbonyl (C=O) groups is 2. The van der Waals surface area contributed by atoms with Crippen molar-refractivity contribution in [2.24, 2.45) is 0 Å². The lowest BCUT2D eigenvalue weighted by atomic mass is 10.0. The molecule has 0 spiro atoms. The number of urea groups is 1. The molecule has 0 bridgehead atoms. The monoisotopic (exact) mass is 409 g/mol. The standard InChI is InChI=1S/C23H27N3O4/c1-3-24-23(28)25-14-15-30-21(27)13-12-19-18-6-4-5-7-20(18)26-22(19)16-8-10-17(29-2)11-9-16/h4-11,26H,3,12-15H2,1-2H3,(H2,24,25,28). The highest BCUT2D eigenvalue weighted by Crippen LogP contribution is 2.32. The second-order valence-electron chi connectivity index (χ2n) is 6.76. The molecule has 0 saturated carbocycles. The van der Waals surface area contributed by atoms with Crippen LogP contribution in [-0.2, 0) is 16.0 Å². The van der Waals surface area contributed by atoms with Crippen LogP contribution >= 0.6 is 0 Å². The number of para-hydroxylation sites is 1. The first kappa shape index (κ1) is 21.2. The van der Waals surface area contributed by atoms with Crippen LogP contribution in [0, 0.1) is 0 Å². The van der Waals surface area contributed by atoms with E-state index in [1.54, 1.807) is 7.11 Å². The summed E-state index contributed by atoms with van der Waals surface area (Å²) >= 11 is 0. The highest BCUT2D eigenvalue weighted by atomic mass is 16.5. The first-order chi connectivity index (χ1) is 14.6. The van der Waals surface area contributed by atoms with Crippen LogP contribution in [0.5, 0.6) is 5.75 Å². The molecule has 0 atom stereocenters. The number of amides is 2. The van der Waals surface area contributed by atoms with Crippen LogP contribution in [0.15, 0.2) is 48.5 Å². The first-order valence-corrected chi connectivity index (χ1v) is 10.0. The number of hydrogen-bond donors (Lipinski definition) is 3. The van der Waals surface area contributed by atoms with Crippen molar-refractivity contribution in [3.05, 3.63) is 54.1 Å². The molecule has 0 aliphatic heterocycles. The average Bonchev–Trinajstić information content (AvgIpc) is 3.14. The lowest BCUT2D eigenvalue weighted by Gasteiger charge is -2.08. The Morgan fingerprint density at radius 1 is 1.03 bits per heavy atom. The molecular formula is C23H27N3O4. The summed E-state index contributed by atoms with van der Waals surface area (Å²) in [6.45, 7) is 2.81. The van der Waals surface area contributed by atoms with E-state index in [2.05, 4.69) is 21.7 Å². The van der Waals surface area contributed by atoms with E-state index in [0.717, 1.165) is 33.5 Å². The van der Waals surface area contributed by atoms with Crippen LogP contribution in [0.1, 0.15) is 18.9 Å². The molecule has 0 aliphatic rings. The van der Waals surface area contributed by atoms with E-state index in [4.69, 9.17) is 9.47 Å². The quantitative estimate of drug-likeness (QED) is 0.372. The van der Waals surface area contributed by atoms with Gasteiger partial charge in [-0.25, -0.2) is 4.79 Å². The number of aromatic amines is 1. The van der Waals surface area contributed by atoms with Crippen LogP contribution in [0.2, 0.25) is 0 Å². The zero-order valence-electron chi connectivity index (χ0n) is 17.3. The number of aryl methyl sites for hydroxylation is 1. The molecular weight excluding hydrogens is 382 g/mol. The number of ether oxygens (including phenoxy) is 2. The predicted octanol–water partition coefficient (Wildman–Crippen LogP) is 3.64. The largest absolute Gasteiger partial charge is 0.497 e. The SMILES string of the molecule is CCNC(=O)NCCOC(=O)CCc1c(-c2ccc(OC)cc2)[nH]c2ccccc12. The third kappa shape index (κ3) is 5.31. The van der Waals surface area contributed by atoms with E-state index >= 15 is 0 Å². The van der Waals surface area contributed by atoms with Crippen LogP contribution in [0.3, 0.4) is 0 Å². The van der Waals surface area contributed by atoms with Crippen molar-refractivity contribution in [3.8, 4) is 17.0 Å². The number of esters is 1. The molecule has 1 aromatic heterocycles. The molecule has 0 radical (unpaired) electrons. The molecule has 2 aromatic carbocycles. The van der Waals surface area contributed by atoms with E-state index in [-0.39, 0.29) is 31.6 Å². The Hall–Kier alpha value is -3.48. The third-order valence-electron chi connectivity index (χ3n) is 4.76. The topological polar surface area (TPSA) is 92.5 Å². The minimum atomic E-state index is -0.293. The number of H-pyrrole nitrogens is 1. The van der Waals surface area contributed by atoms with Gasteiger partial charge >= 0.3 is 12.0 Å². The van der Waals surface area contributed by atoms with Gasteiger partial charge in [-0.3, -0.25) is 4.79 Å². The number of carbonyl (C=O) groups excluding carboxylic acids is 2. The first-order valence-electron chi connectivity index (χ1n) is 10.0. The van der Waals surface area contributed by atoms with Crippen molar-refractivity contribution in [2.45, 2.75) is 19.8 Å². The summed E-state index contributed by atoms with van der Waals surface area (Å²) in [5.74, 6) is 0.500. The summed E-state index contributed by atoms with van der Waals surface area (Å²) in [5, 5.41) is 6.34. The zero-order valence-corrected chi connectivity index (χ0v) is 17.3. The van der Waals surface area contributed by atoms with Crippen LogP contribution in [0.4, 0.5) is 4.79 Å². The summed E-state index contributed by atoms with van der Waals surface area (Å²) < 4.78 is 10.5. The maximum absolute atomic E-state index is 12.2. The van der Waals surface area contributed by atoms with Crippen molar-refractivity contribution in [2.75, 3.05) is 26.8 Å². The molecule has 3 N–H and O–H groups in total. The van der Waals surface area contributed by atoms with Crippen LogP contribution in [-0.4, -0.2) is 43.8 Å². The van der Waals surface area contributed by atoms with Gasteiger partial charge in [-0.05, 0) is 54.8 Å². The molecule has 0 saturated heterocycles. The van der Waals surface area contributed by atoms with Crippen LogP contribution in [0.25, 0.3) is 22.2 Å². The number of methoxy groups -OCH3 is 1. The van der Waals surface area contributed by atoms with E-state index in [0.29, 0.717) is 13.0 Å². The van der Waals surface area contributed by atoms with Crippen molar-refractivity contribution in [3.63, 3.8) is 0 Å². The Morgan fingerprint density at radius 3 is 2.53 bits per heavy atom. The van der Waals surface area contributed by atoms with E-state index < -0.39 is 0 Å². The smallest absolute Gasteiger partial charge is 0.314 e. The summed E-state index contributed by atoms with van der Waals surface area (Å²) in [6, 6.07) is 15.6. The van der Waals surface area contributed by atoms with Gasteiger partial charge in [0.1, 0.15) is 12.4 Å². The maximum Gasteiger partial charge on any atom is 0.314 e. The maximum atomic E-state index is 12.2. The summed E-state index contributed by atoms with van der Waals surface area (Å²) in [6.07, 6.45) is 0.806. The van der Waals surface area contributed by atoms with Gasteiger partial charge in [0, 0.05) is 29.6 Å². The minimum absolute atomic E-state index is 0.148. The number of nitrogens with one attached hydrogen (secondary N) is 3. The van der Waals surface area contributed by atoms with Gasteiger partial charge in [0.25, 0.3) is 0 Å². The number of hydrogen-bond acceptors (Lipinski definition) is 4. The van der Waals surface area contributed by atoms with Gasteiger partial charge in [0.15, 0.2) is 0 Å². The number of benzene rings is 2. The van der Waals surface area contributed by atoms with Gasteiger partial charge in [0.05, 0.1) is 13.7 Å². The molecule has 7 nitrogen and oxygen atoms in total. The van der Waals surface area contributed by atoms with Crippen molar-refractivity contribution < 1.29 is 19.1 Å². The highest BCUT2D eigenvalue weighted by molar-refractivity contribution is 5.91. The molecule has 7 heteroatoms. The molecule has 2 amide bonds. The summed E-state index contributed by atoms with van der Waals surface area (Å²) in [7, 11) is 1.64. The van der Waals surface area contributed by atoms with Crippen molar-refractivity contribution in [1.82, 2.24) is 15.6 Å². The third-order valence-corrected chi connectivity index (χ3v) is 4.76. The molecule has 3 aromatic rings. The average molecular weight is 409 g/mol. The van der Waals surface area contributed by atoms with Gasteiger partial charge in [-0.2, -0.15) is 0 Å². The van der Waals surface area contributed by atoms with E-state index in [1.807, 2.05) is 49.4 Å². The fraction of sp³-hybridized carbons (Fsp3) is 0.304. The number of rotatable bonds is 9. The van der Waals surface area contributed by atoms with Gasteiger partial charge in [-0.1, -0.05) is 18.2 Å². The second-order valence-corrected chi connectivity index (χ2v) is 6.76. The number of fused-ring (bicyclic) bond motifs is 1. The predicted molar refractivity (Wildman–Crippen MR) is 117 cm³/mol. The Kier molecular flexibility index (Phi) is 7.32. The lowest BCUT2D eigenvalue weighted by molar-refractivity contribution is -0.143. The zero-order chi connectivity index (χ0) is 21.3. The summed E-state index contributed by atoms with van der Waals surface area (Å²) in [4.78, 5) is 27.0. The second kappa shape index (κ2) is 10.3. The molecule has 0 fully saturated rings. The molecule has 3 rings (SSSR count). The van der Waals surface area contributed by atoms with E-state index in [1.165, 1.54) is 0 Å². The fourth-order valence-corrected chi connectivity index (χ4v) is 3.32. The Morgan fingerprint density at radius 2 is 1.80 bits per heavy atom. The molecule has 30 heavy (non-hydrogen) atoms. The van der Waals surface area contributed by atoms with Crippen LogP contribution < -0.4 is 15.4 Å². The minimum Gasteiger partial charge on any atom is -0.497 e. The molecule has 158 valence electrons. The highest BCUT2D eigenvalue weighted by Gasteiger charge is 2.15. The molecule has 0 unspecified atom stereocenters. The Labute approximate surface area is 175 Å². The Bertz CT molecular complexity index is 995. The van der Waals surface area contributed by atoms with E-state index in [9.17, 15) is 9.59 Å². The van der Waals surface area contributed by atoms with Gasteiger partial charge in [0.2, 0.25) is 0 Å². The van der Waals surface area contributed by atoms with Crippen molar-refractivity contribution in [1.29, 1.82) is 0 Å². The fourth-order valence-electron chi connectivity index (χ4n) is 3.32. The van der Waals surface area contributed by atoms with Gasteiger partial charge < -0.3 is 25.1 Å². The Balaban J connectivity index is 1.66. The normalized spacial score (nSPS) is 10.6. The lowest BCUT2D eigenvalue weighted by Crippen LogP contribution is -2.37. The summed E-state index contributed by atoms with van der Waals surface area (Å²) in [5.41, 5.74) is 4.12. The molecule has 0 aliphatic carbocycles. The number of aromatic nitrogens is 1. The van der Waals surface area contributed by atoms with Crippen molar-refractivity contribution >= 4 is 22.9 Å². The van der Waals surface area contributed by atoms with Gasteiger partial charge in [-0.15, -0.1) is 0 Å². The molecule has 1 heterocycles.